The Bertz CT molecular complexity index is 736. The monoisotopic (exact) mass is 289 g/mol. The van der Waals surface area contributed by atoms with E-state index in [0.29, 0.717) is 23.7 Å². The van der Waals surface area contributed by atoms with Crippen LogP contribution < -0.4 is 16.2 Å². The van der Waals surface area contributed by atoms with Gasteiger partial charge in [-0.15, -0.1) is 0 Å². The molecule has 1 aromatic carbocycles. The van der Waals surface area contributed by atoms with Crippen LogP contribution in [0.1, 0.15) is 6.42 Å². The van der Waals surface area contributed by atoms with Crippen LogP contribution in [0, 0.1) is 16.0 Å². The number of nitro benzene ring substituents is 1. The summed E-state index contributed by atoms with van der Waals surface area (Å²) in [6, 6.07) is 2.83. The van der Waals surface area contributed by atoms with Gasteiger partial charge in [0.15, 0.2) is 0 Å². The minimum absolute atomic E-state index is 0.105. The normalized spacial score (nSPS) is 18.0. The lowest BCUT2D eigenvalue weighted by Crippen LogP contribution is -2.18. The first kappa shape index (κ1) is 13.5. The smallest absolute Gasteiger partial charge is 0.293 e. The van der Waals surface area contributed by atoms with Crippen molar-refractivity contribution in [2.24, 2.45) is 5.92 Å². The summed E-state index contributed by atoms with van der Waals surface area (Å²) in [5.41, 5.74) is 0.357. The van der Waals surface area contributed by atoms with E-state index in [2.05, 4.69) is 20.6 Å². The average Bonchev–Trinajstić information content (AvgIpc) is 2.97. The van der Waals surface area contributed by atoms with E-state index in [1.165, 1.54) is 12.4 Å². The van der Waals surface area contributed by atoms with Crippen molar-refractivity contribution in [2.75, 3.05) is 25.0 Å². The topological polar surface area (TPSA) is 113 Å². The maximum atomic E-state index is 11.7. The SMILES string of the molecule is O=c1[nH]cnc2cc(NCC3CCNC3)c([N+](=O)[O-])cc12. The van der Waals surface area contributed by atoms with Crippen molar-refractivity contribution in [3.8, 4) is 0 Å². The van der Waals surface area contributed by atoms with Gasteiger partial charge < -0.3 is 15.6 Å². The number of nitrogens with zero attached hydrogens (tertiary/aromatic N) is 2. The summed E-state index contributed by atoms with van der Waals surface area (Å²) in [5.74, 6) is 0.451. The number of hydrogen-bond acceptors (Lipinski definition) is 6. The lowest BCUT2D eigenvalue weighted by molar-refractivity contribution is -0.383. The number of rotatable bonds is 4. The molecular weight excluding hydrogens is 274 g/mol. The maximum absolute atomic E-state index is 11.7. The fraction of sp³-hybridized carbons (Fsp3) is 0.385. The second-order valence-corrected chi connectivity index (χ2v) is 5.12. The first-order valence-electron chi connectivity index (χ1n) is 6.75. The lowest BCUT2D eigenvalue weighted by Gasteiger charge is -2.12. The molecule has 1 fully saturated rings. The minimum atomic E-state index is -0.485. The molecule has 1 aliphatic heterocycles. The van der Waals surface area contributed by atoms with Crippen LogP contribution in [0.2, 0.25) is 0 Å². The second-order valence-electron chi connectivity index (χ2n) is 5.12. The summed E-state index contributed by atoms with van der Waals surface area (Å²) in [4.78, 5) is 28.9. The van der Waals surface area contributed by atoms with E-state index in [-0.39, 0.29) is 16.6 Å². The number of aromatic nitrogens is 2. The van der Waals surface area contributed by atoms with Crippen LogP contribution in [-0.2, 0) is 0 Å². The van der Waals surface area contributed by atoms with E-state index < -0.39 is 4.92 Å². The summed E-state index contributed by atoms with van der Waals surface area (Å²) in [5, 5.41) is 17.8. The van der Waals surface area contributed by atoms with Gasteiger partial charge in [-0.1, -0.05) is 0 Å². The standard InChI is InChI=1S/C13H15N5O3/c19-13-9-3-12(18(20)21)11(4-10(9)16-7-17-13)15-6-8-1-2-14-5-8/h3-4,7-8,14-15H,1-2,5-6H2,(H,16,17,19). The van der Waals surface area contributed by atoms with Gasteiger partial charge in [0, 0.05) is 12.6 Å². The Morgan fingerprint density at radius 1 is 1.48 bits per heavy atom. The van der Waals surface area contributed by atoms with E-state index in [0.717, 1.165) is 19.5 Å². The third-order valence-corrected chi connectivity index (χ3v) is 3.70. The second kappa shape index (κ2) is 5.49. The molecule has 0 saturated carbocycles. The third kappa shape index (κ3) is 2.70. The summed E-state index contributed by atoms with van der Waals surface area (Å²) < 4.78 is 0. The fourth-order valence-corrected chi connectivity index (χ4v) is 2.54. The average molecular weight is 289 g/mol. The van der Waals surface area contributed by atoms with Crippen LogP contribution in [0.3, 0.4) is 0 Å². The number of benzene rings is 1. The van der Waals surface area contributed by atoms with Gasteiger partial charge in [-0.3, -0.25) is 14.9 Å². The Hall–Kier alpha value is -2.48. The molecule has 3 N–H and O–H groups in total. The van der Waals surface area contributed by atoms with Crippen LogP contribution in [0.15, 0.2) is 23.3 Å². The zero-order chi connectivity index (χ0) is 14.8. The first-order valence-corrected chi connectivity index (χ1v) is 6.75. The molecule has 1 atom stereocenters. The highest BCUT2D eigenvalue weighted by Crippen LogP contribution is 2.28. The Morgan fingerprint density at radius 2 is 2.33 bits per heavy atom. The molecule has 0 bridgehead atoms. The molecule has 2 heterocycles. The highest BCUT2D eigenvalue weighted by molar-refractivity contribution is 5.86. The van der Waals surface area contributed by atoms with Gasteiger partial charge in [0.05, 0.1) is 22.2 Å². The largest absolute Gasteiger partial charge is 0.379 e. The molecule has 2 aromatic rings. The number of nitro groups is 1. The highest BCUT2D eigenvalue weighted by atomic mass is 16.6. The number of H-pyrrole nitrogens is 1. The predicted molar refractivity (Wildman–Crippen MR) is 78.5 cm³/mol. The zero-order valence-electron chi connectivity index (χ0n) is 11.3. The highest BCUT2D eigenvalue weighted by Gasteiger charge is 2.19. The number of hydrogen-bond donors (Lipinski definition) is 3. The molecule has 0 spiro atoms. The molecule has 8 nitrogen and oxygen atoms in total. The number of aromatic amines is 1. The molecule has 0 amide bonds. The number of nitrogens with one attached hydrogen (secondary N) is 3. The minimum Gasteiger partial charge on any atom is -0.379 e. The molecule has 1 unspecified atom stereocenters. The van der Waals surface area contributed by atoms with Gasteiger partial charge in [0.2, 0.25) is 0 Å². The third-order valence-electron chi connectivity index (χ3n) is 3.70. The lowest BCUT2D eigenvalue weighted by atomic mass is 10.1. The number of fused-ring (bicyclic) bond motifs is 1. The van der Waals surface area contributed by atoms with E-state index in [9.17, 15) is 14.9 Å². The van der Waals surface area contributed by atoms with Crippen molar-refractivity contribution in [1.82, 2.24) is 15.3 Å². The quantitative estimate of drug-likeness (QED) is 0.568. The zero-order valence-corrected chi connectivity index (χ0v) is 11.3. The Morgan fingerprint density at radius 3 is 3.05 bits per heavy atom. The van der Waals surface area contributed by atoms with Crippen molar-refractivity contribution in [3.05, 3.63) is 38.9 Å². The molecule has 1 saturated heterocycles. The molecule has 1 aliphatic rings. The summed E-state index contributed by atoms with van der Waals surface area (Å²) in [6.07, 6.45) is 2.34. The Balaban J connectivity index is 1.97. The van der Waals surface area contributed by atoms with Crippen LogP contribution in [-0.4, -0.2) is 34.5 Å². The molecular formula is C13H15N5O3. The molecule has 110 valence electrons. The molecule has 0 aliphatic carbocycles. The van der Waals surface area contributed by atoms with Crippen LogP contribution in [0.25, 0.3) is 10.9 Å². The summed E-state index contributed by atoms with van der Waals surface area (Å²) >= 11 is 0. The van der Waals surface area contributed by atoms with Crippen molar-refractivity contribution < 1.29 is 4.92 Å². The van der Waals surface area contributed by atoms with Crippen LogP contribution >= 0.6 is 0 Å². The number of anilines is 1. The van der Waals surface area contributed by atoms with Gasteiger partial charge in [0.25, 0.3) is 11.2 Å². The van der Waals surface area contributed by atoms with Gasteiger partial charge in [-0.2, -0.15) is 0 Å². The van der Waals surface area contributed by atoms with Crippen molar-refractivity contribution in [1.29, 1.82) is 0 Å². The van der Waals surface area contributed by atoms with Gasteiger partial charge >= 0.3 is 0 Å². The van der Waals surface area contributed by atoms with E-state index in [1.54, 1.807) is 6.07 Å². The van der Waals surface area contributed by atoms with Gasteiger partial charge in [-0.25, -0.2) is 4.98 Å². The Kier molecular flexibility index (Phi) is 3.53. The van der Waals surface area contributed by atoms with Crippen molar-refractivity contribution in [2.45, 2.75) is 6.42 Å². The fourth-order valence-electron chi connectivity index (χ4n) is 2.54. The van der Waals surface area contributed by atoms with Crippen molar-refractivity contribution in [3.63, 3.8) is 0 Å². The summed E-state index contributed by atoms with van der Waals surface area (Å²) in [6.45, 7) is 2.54. The van der Waals surface area contributed by atoms with E-state index in [4.69, 9.17) is 0 Å². The van der Waals surface area contributed by atoms with Crippen LogP contribution in [0.5, 0.6) is 0 Å². The van der Waals surface area contributed by atoms with Gasteiger partial charge in [0.1, 0.15) is 5.69 Å². The Labute approximate surface area is 119 Å². The maximum Gasteiger partial charge on any atom is 0.293 e. The molecule has 21 heavy (non-hydrogen) atoms. The first-order chi connectivity index (χ1) is 10.1. The van der Waals surface area contributed by atoms with E-state index in [1.807, 2.05) is 0 Å². The molecule has 8 heteroatoms. The molecule has 1 aromatic heterocycles. The molecule has 0 radical (unpaired) electrons. The van der Waals surface area contributed by atoms with Crippen molar-refractivity contribution >= 4 is 22.3 Å². The molecule has 3 rings (SSSR count). The van der Waals surface area contributed by atoms with Crippen LogP contribution in [0.4, 0.5) is 11.4 Å². The van der Waals surface area contributed by atoms with Gasteiger partial charge in [-0.05, 0) is 31.5 Å². The summed E-state index contributed by atoms with van der Waals surface area (Å²) in [7, 11) is 0. The van der Waals surface area contributed by atoms with E-state index >= 15 is 0 Å². The predicted octanol–water partition coefficient (Wildman–Crippen LogP) is 0.853.